The van der Waals surface area contributed by atoms with Gasteiger partial charge in [0.05, 0.1) is 16.8 Å². The van der Waals surface area contributed by atoms with Crippen LogP contribution in [0.5, 0.6) is 0 Å². The minimum Gasteiger partial charge on any atom is -0.255 e. The van der Waals surface area contributed by atoms with Crippen molar-refractivity contribution in [3.8, 4) is 0 Å². The molecule has 4 nitrogen and oxygen atoms in total. The molecule has 0 aliphatic rings. The highest BCUT2D eigenvalue weighted by Crippen LogP contribution is 2.12. The van der Waals surface area contributed by atoms with E-state index in [0.29, 0.717) is 5.69 Å². The Labute approximate surface area is 106 Å². The number of hydrogen-bond acceptors (Lipinski definition) is 3. The van der Waals surface area contributed by atoms with E-state index in [2.05, 4.69) is 9.38 Å². The van der Waals surface area contributed by atoms with E-state index in [1.54, 1.807) is 48.7 Å². The zero-order valence-corrected chi connectivity index (χ0v) is 10.6. The molecular formula is C13H12N2O2S. The average molecular weight is 260 g/mol. The molecule has 92 valence electrons. The molecule has 0 saturated heterocycles. The maximum Gasteiger partial charge on any atom is 0.282 e. The van der Waals surface area contributed by atoms with Gasteiger partial charge in [-0.2, -0.15) is 12.8 Å². The predicted octanol–water partition coefficient (Wildman–Crippen LogP) is 2.20. The second-order valence-electron chi connectivity index (χ2n) is 3.78. The second kappa shape index (κ2) is 5.10. The van der Waals surface area contributed by atoms with Crippen LogP contribution >= 0.6 is 0 Å². The lowest BCUT2D eigenvalue weighted by Gasteiger charge is -1.98. The summed E-state index contributed by atoms with van der Waals surface area (Å²) in [6.07, 6.45) is 2.83. The molecule has 0 spiro atoms. The topological polar surface area (TPSA) is 59.4 Å². The van der Waals surface area contributed by atoms with Crippen molar-refractivity contribution < 1.29 is 8.42 Å². The molecule has 0 aliphatic heterocycles. The molecule has 0 aliphatic carbocycles. The molecule has 2 rings (SSSR count). The average Bonchev–Trinajstić information content (AvgIpc) is 2.38. The van der Waals surface area contributed by atoms with Crippen LogP contribution in [0.15, 0.2) is 58.0 Å². The molecule has 0 bridgehead atoms. The van der Waals surface area contributed by atoms with Crippen molar-refractivity contribution in [3.63, 3.8) is 0 Å². The van der Waals surface area contributed by atoms with Gasteiger partial charge in [-0.25, -0.2) is 0 Å². The highest BCUT2D eigenvalue weighted by molar-refractivity contribution is 7.90. The van der Waals surface area contributed by atoms with Gasteiger partial charge >= 0.3 is 0 Å². The largest absolute Gasteiger partial charge is 0.282 e. The summed E-state index contributed by atoms with van der Waals surface area (Å²) in [7, 11) is -3.65. The maximum atomic E-state index is 11.9. The lowest BCUT2D eigenvalue weighted by molar-refractivity contribution is 0.598. The van der Waals surface area contributed by atoms with Gasteiger partial charge in [-0.15, -0.1) is 0 Å². The van der Waals surface area contributed by atoms with Gasteiger partial charge in [-0.3, -0.25) is 4.98 Å². The first kappa shape index (κ1) is 12.4. The summed E-state index contributed by atoms with van der Waals surface area (Å²) in [4.78, 5) is 4.16. The Balaban J connectivity index is 2.28. The number of rotatable bonds is 3. The third kappa shape index (κ3) is 3.01. The van der Waals surface area contributed by atoms with Crippen molar-refractivity contribution in [2.24, 2.45) is 4.40 Å². The molecule has 0 saturated carbocycles. The Morgan fingerprint density at radius 1 is 1.11 bits per heavy atom. The summed E-state index contributed by atoms with van der Waals surface area (Å²) >= 11 is 0. The summed E-state index contributed by atoms with van der Waals surface area (Å²) in [5.41, 5.74) is 1.51. The van der Waals surface area contributed by atoms with Crippen LogP contribution in [0.4, 0.5) is 0 Å². The van der Waals surface area contributed by atoms with Gasteiger partial charge in [0.15, 0.2) is 0 Å². The zero-order valence-electron chi connectivity index (χ0n) is 9.82. The van der Waals surface area contributed by atoms with E-state index in [-0.39, 0.29) is 4.90 Å². The van der Waals surface area contributed by atoms with Crippen LogP contribution in [0, 0.1) is 6.92 Å². The van der Waals surface area contributed by atoms with E-state index in [9.17, 15) is 8.42 Å². The third-order valence-electron chi connectivity index (χ3n) is 2.33. The smallest absolute Gasteiger partial charge is 0.255 e. The van der Waals surface area contributed by atoms with E-state index in [0.717, 1.165) is 5.56 Å². The quantitative estimate of drug-likeness (QED) is 0.795. The van der Waals surface area contributed by atoms with Crippen LogP contribution in [-0.2, 0) is 10.0 Å². The molecule has 0 radical (unpaired) electrons. The van der Waals surface area contributed by atoms with Gasteiger partial charge in [0.25, 0.3) is 10.0 Å². The van der Waals surface area contributed by atoms with Crippen LogP contribution in [-0.4, -0.2) is 19.6 Å². The van der Waals surface area contributed by atoms with Gasteiger partial charge in [0.1, 0.15) is 0 Å². The molecule has 0 atom stereocenters. The Bertz CT molecular complexity index is 647. The van der Waals surface area contributed by atoms with Crippen molar-refractivity contribution in [1.29, 1.82) is 0 Å². The fourth-order valence-electron chi connectivity index (χ4n) is 1.35. The minimum atomic E-state index is -3.65. The van der Waals surface area contributed by atoms with Crippen LogP contribution in [0.25, 0.3) is 0 Å². The number of aromatic nitrogens is 1. The molecule has 0 fully saturated rings. The lowest BCUT2D eigenvalue weighted by atomic mass is 10.2. The molecule has 1 aromatic heterocycles. The van der Waals surface area contributed by atoms with Crippen molar-refractivity contribution in [2.45, 2.75) is 11.8 Å². The number of aryl methyl sites for hydroxylation is 1. The summed E-state index contributed by atoms with van der Waals surface area (Å²) in [6.45, 7) is 1.90. The fourth-order valence-corrected chi connectivity index (χ4v) is 2.20. The summed E-state index contributed by atoms with van der Waals surface area (Å²) in [6, 6.07) is 11.8. The minimum absolute atomic E-state index is 0.181. The van der Waals surface area contributed by atoms with Gasteiger partial charge < -0.3 is 0 Å². The molecule has 2 aromatic rings. The molecule has 5 heteroatoms. The first-order valence-electron chi connectivity index (χ1n) is 5.36. The number of pyridine rings is 1. The van der Waals surface area contributed by atoms with Gasteiger partial charge in [-0.1, -0.05) is 23.8 Å². The highest BCUT2D eigenvalue weighted by Gasteiger charge is 2.10. The van der Waals surface area contributed by atoms with E-state index >= 15 is 0 Å². The van der Waals surface area contributed by atoms with E-state index in [1.165, 1.54) is 6.21 Å². The maximum absolute atomic E-state index is 11.9. The van der Waals surface area contributed by atoms with E-state index in [4.69, 9.17) is 0 Å². The third-order valence-corrected chi connectivity index (χ3v) is 3.58. The van der Waals surface area contributed by atoms with Crippen LogP contribution in [0.3, 0.4) is 0 Å². The number of sulfonamides is 1. The van der Waals surface area contributed by atoms with Gasteiger partial charge in [0.2, 0.25) is 0 Å². The molecule has 1 heterocycles. The van der Waals surface area contributed by atoms with Gasteiger partial charge in [0, 0.05) is 6.20 Å². The molecule has 18 heavy (non-hydrogen) atoms. The summed E-state index contributed by atoms with van der Waals surface area (Å²) in [5, 5.41) is 0. The second-order valence-corrected chi connectivity index (χ2v) is 5.41. The summed E-state index contributed by atoms with van der Waals surface area (Å²) in [5.74, 6) is 0. The zero-order chi connectivity index (χ0) is 13.0. The van der Waals surface area contributed by atoms with Crippen LogP contribution < -0.4 is 0 Å². The molecular weight excluding hydrogens is 248 g/mol. The Hall–Kier alpha value is -2.01. The first-order valence-corrected chi connectivity index (χ1v) is 6.80. The number of benzene rings is 1. The molecule has 0 N–H and O–H groups in total. The number of hydrogen-bond donors (Lipinski definition) is 0. The highest BCUT2D eigenvalue weighted by atomic mass is 32.2. The van der Waals surface area contributed by atoms with E-state index < -0.39 is 10.0 Å². The molecule has 0 amide bonds. The van der Waals surface area contributed by atoms with Crippen molar-refractivity contribution in [3.05, 3.63) is 59.9 Å². The first-order chi connectivity index (χ1) is 8.58. The Kier molecular flexibility index (Phi) is 3.53. The Morgan fingerprint density at radius 2 is 1.83 bits per heavy atom. The molecule has 0 unspecified atom stereocenters. The van der Waals surface area contributed by atoms with Crippen molar-refractivity contribution in [1.82, 2.24) is 4.98 Å². The summed E-state index contributed by atoms with van der Waals surface area (Å²) < 4.78 is 27.4. The SMILES string of the molecule is Cc1ccc(S(=O)(=O)/N=C/c2ccccn2)cc1. The lowest BCUT2D eigenvalue weighted by Crippen LogP contribution is -1.98. The van der Waals surface area contributed by atoms with Crippen molar-refractivity contribution in [2.75, 3.05) is 0 Å². The number of nitrogens with zero attached hydrogens (tertiary/aromatic N) is 2. The van der Waals surface area contributed by atoms with Crippen molar-refractivity contribution >= 4 is 16.2 Å². The molecule has 1 aromatic carbocycles. The fraction of sp³-hybridized carbons (Fsp3) is 0.0769. The van der Waals surface area contributed by atoms with Crippen LogP contribution in [0.1, 0.15) is 11.3 Å². The van der Waals surface area contributed by atoms with Gasteiger partial charge in [-0.05, 0) is 31.2 Å². The van der Waals surface area contributed by atoms with Crippen LogP contribution in [0.2, 0.25) is 0 Å². The standard InChI is InChI=1S/C13H12N2O2S/c1-11-5-7-13(8-6-11)18(16,17)15-10-12-4-2-3-9-14-12/h2-10H,1H3/b15-10+. The Morgan fingerprint density at radius 3 is 2.44 bits per heavy atom. The van der Waals surface area contributed by atoms with E-state index in [1.807, 2.05) is 6.92 Å². The predicted molar refractivity (Wildman–Crippen MR) is 70.2 cm³/mol. The monoisotopic (exact) mass is 260 g/mol. The normalized spacial score (nSPS) is 11.8.